The monoisotopic (exact) mass is 302 g/mol. The molecule has 0 aromatic heterocycles. The molecule has 1 N–H and O–H groups in total. The summed E-state index contributed by atoms with van der Waals surface area (Å²) in [4.78, 5) is 15.0. The number of hydrogen-bond acceptors (Lipinski definition) is 4. The molecule has 1 aromatic carbocycles. The van der Waals surface area contributed by atoms with Crippen LogP contribution in [0.15, 0.2) is 18.2 Å². The van der Waals surface area contributed by atoms with Crippen LogP contribution in [0.5, 0.6) is 5.75 Å². The number of carbonyl (C=O) groups excluding carboxylic acids is 1. The van der Waals surface area contributed by atoms with Crippen molar-refractivity contribution in [1.29, 1.82) is 0 Å². The highest BCUT2D eigenvalue weighted by Crippen LogP contribution is 2.33. The van der Waals surface area contributed by atoms with Crippen molar-refractivity contribution in [3.8, 4) is 5.75 Å². The maximum absolute atomic E-state index is 12.7. The maximum atomic E-state index is 12.7. The van der Waals surface area contributed by atoms with Crippen molar-refractivity contribution in [3.05, 3.63) is 23.8 Å². The van der Waals surface area contributed by atoms with Crippen LogP contribution in [0.4, 0.5) is 5.69 Å². The summed E-state index contributed by atoms with van der Waals surface area (Å²) in [6.07, 6.45) is 3.25. The number of ketones is 1. The van der Waals surface area contributed by atoms with Gasteiger partial charge in [-0.25, -0.2) is 0 Å². The lowest BCUT2D eigenvalue weighted by Gasteiger charge is -2.33. The Morgan fingerprint density at radius 2 is 2.27 bits per heavy atom. The Hall–Kier alpha value is -1.55. The maximum Gasteiger partial charge on any atom is 0.179 e. The SMILES string of the molecule is CC(C)CN1CCOc2ccc(C(=O)C3CCCCN3)cc21. The van der Waals surface area contributed by atoms with Gasteiger partial charge in [0.05, 0.1) is 18.3 Å². The van der Waals surface area contributed by atoms with Gasteiger partial charge in [-0.05, 0) is 43.5 Å². The number of anilines is 1. The lowest BCUT2D eigenvalue weighted by atomic mass is 9.95. The molecule has 3 rings (SSSR count). The number of ether oxygens (including phenoxy) is 1. The minimum Gasteiger partial charge on any atom is -0.490 e. The van der Waals surface area contributed by atoms with Crippen molar-refractivity contribution < 1.29 is 9.53 Å². The number of rotatable bonds is 4. The van der Waals surface area contributed by atoms with E-state index < -0.39 is 0 Å². The molecule has 0 spiro atoms. The van der Waals surface area contributed by atoms with Gasteiger partial charge in [-0.2, -0.15) is 0 Å². The fraction of sp³-hybridized carbons (Fsp3) is 0.611. The predicted molar refractivity (Wildman–Crippen MR) is 89.0 cm³/mol. The zero-order valence-electron chi connectivity index (χ0n) is 13.6. The summed E-state index contributed by atoms with van der Waals surface area (Å²) >= 11 is 0. The van der Waals surface area contributed by atoms with E-state index in [1.807, 2.05) is 18.2 Å². The number of fused-ring (bicyclic) bond motifs is 1. The highest BCUT2D eigenvalue weighted by atomic mass is 16.5. The first-order chi connectivity index (χ1) is 10.6. The highest BCUT2D eigenvalue weighted by molar-refractivity contribution is 6.01. The molecule has 0 aliphatic carbocycles. The van der Waals surface area contributed by atoms with Crippen molar-refractivity contribution in [3.63, 3.8) is 0 Å². The largest absolute Gasteiger partial charge is 0.490 e. The molecule has 0 amide bonds. The van der Waals surface area contributed by atoms with Crippen molar-refractivity contribution >= 4 is 11.5 Å². The number of Topliss-reactive ketones (excluding diaryl/α,β-unsaturated/α-hetero) is 1. The number of nitrogens with one attached hydrogen (secondary N) is 1. The van der Waals surface area contributed by atoms with Crippen molar-refractivity contribution in [2.24, 2.45) is 5.92 Å². The second-order valence-corrected chi connectivity index (χ2v) is 6.74. The summed E-state index contributed by atoms with van der Waals surface area (Å²) in [6, 6.07) is 5.87. The van der Waals surface area contributed by atoms with Crippen LogP contribution in [-0.4, -0.2) is 38.1 Å². The Kier molecular flexibility index (Phi) is 4.67. The third-order valence-corrected chi connectivity index (χ3v) is 4.42. The van der Waals surface area contributed by atoms with Gasteiger partial charge in [-0.15, -0.1) is 0 Å². The lowest BCUT2D eigenvalue weighted by molar-refractivity contribution is 0.0927. The topological polar surface area (TPSA) is 41.6 Å². The molecule has 4 heteroatoms. The van der Waals surface area contributed by atoms with Crippen LogP contribution in [0.25, 0.3) is 0 Å². The standard InChI is InChI=1S/C18H26N2O2/c1-13(2)12-20-9-10-22-17-7-6-14(11-16(17)20)18(21)15-5-3-4-8-19-15/h6-7,11,13,15,19H,3-5,8-10,12H2,1-2H3. The van der Waals surface area contributed by atoms with Gasteiger partial charge in [0.15, 0.2) is 5.78 Å². The average Bonchev–Trinajstić information content (AvgIpc) is 2.54. The third-order valence-electron chi connectivity index (χ3n) is 4.42. The molecule has 4 nitrogen and oxygen atoms in total. The fourth-order valence-corrected chi connectivity index (χ4v) is 3.33. The van der Waals surface area contributed by atoms with E-state index in [0.29, 0.717) is 5.92 Å². The zero-order chi connectivity index (χ0) is 15.5. The number of hydrogen-bond donors (Lipinski definition) is 1. The van der Waals surface area contributed by atoms with E-state index in [1.165, 1.54) is 6.42 Å². The Morgan fingerprint density at radius 3 is 3.00 bits per heavy atom. The molecule has 22 heavy (non-hydrogen) atoms. The molecule has 120 valence electrons. The zero-order valence-corrected chi connectivity index (χ0v) is 13.6. The smallest absolute Gasteiger partial charge is 0.179 e. The van der Waals surface area contributed by atoms with Crippen LogP contribution in [0.2, 0.25) is 0 Å². The van der Waals surface area contributed by atoms with Crippen LogP contribution in [0, 0.1) is 5.92 Å². The van der Waals surface area contributed by atoms with E-state index in [-0.39, 0.29) is 11.8 Å². The van der Waals surface area contributed by atoms with Gasteiger partial charge in [0.2, 0.25) is 0 Å². The lowest BCUT2D eigenvalue weighted by Crippen LogP contribution is -2.40. The molecule has 1 atom stereocenters. The van der Waals surface area contributed by atoms with Gasteiger partial charge < -0.3 is 15.0 Å². The molecular formula is C18H26N2O2. The molecule has 1 unspecified atom stereocenters. The summed E-state index contributed by atoms with van der Waals surface area (Å²) < 4.78 is 5.75. The van der Waals surface area contributed by atoms with Crippen molar-refractivity contribution in [2.75, 3.05) is 31.1 Å². The number of piperidine rings is 1. The first kappa shape index (κ1) is 15.3. The Labute approximate surface area is 132 Å². The molecular weight excluding hydrogens is 276 g/mol. The predicted octanol–water partition coefficient (Wildman–Crippen LogP) is 2.87. The Morgan fingerprint density at radius 1 is 1.41 bits per heavy atom. The first-order valence-corrected chi connectivity index (χ1v) is 8.44. The second kappa shape index (κ2) is 6.69. The highest BCUT2D eigenvalue weighted by Gasteiger charge is 2.25. The number of carbonyl (C=O) groups is 1. The summed E-state index contributed by atoms with van der Waals surface area (Å²) in [5.41, 5.74) is 1.87. The van der Waals surface area contributed by atoms with E-state index >= 15 is 0 Å². The van der Waals surface area contributed by atoms with E-state index in [4.69, 9.17) is 4.74 Å². The minimum atomic E-state index is -0.0187. The average molecular weight is 302 g/mol. The molecule has 2 aliphatic heterocycles. The summed E-state index contributed by atoms with van der Waals surface area (Å²) in [6.45, 7) is 7.99. The van der Waals surface area contributed by atoms with Crippen molar-refractivity contribution in [1.82, 2.24) is 5.32 Å². The van der Waals surface area contributed by atoms with Crippen LogP contribution in [0.1, 0.15) is 43.5 Å². The van der Waals surface area contributed by atoms with E-state index in [1.54, 1.807) is 0 Å². The molecule has 1 aromatic rings. The quantitative estimate of drug-likeness (QED) is 0.868. The summed E-state index contributed by atoms with van der Waals surface area (Å²) in [7, 11) is 0. The molecule has 0 bridgehead atoms. The van der Waals surface area contributed by atoms with Crippen LogP contribution in [0.3, 0.4) is 0 Å². The Bertz CT molecular complexity index is 536. The molecule has 0 radical (unpaired) electrons. The van der Waals surface area contributed by atoms with Gasteiger partial charge in [-0.1, -0.05) is 20.3 Å². The minimum absolute atomic E-state index is 0.0187. The molecule has 1 fully saturated rings. The van der Waals surface area contributed by atoms with Gasteiger partial charge in [0.25, 0.3) is 0 Å². The van der Waals surface area contributed by atoms with Crippen LogP contribution < -0.4 is 15.0 Å². The number of benzene rings is 1. The van der Waals surface area contributed by atoms with Gasteiger partial charge in [0.1, 0.15) is 12.4 Å². The summed E-state index contributed by atoms with van der Waals surface area (Å²) in [5.74, 6) is 1.71. The van der Waals surface area contributed by atoms with Crippen LogP contribution >= 0.6 is 0 Å². The van der Waals surface area contributed by atoms with E-state index in [0.717, 1.165) is 56.1 Å². The first-order valence-electron chi connectivity index (χ1n) is 8.44. The molecule has 2 heterocycles. The normalized spacial score (nSPS) is 21.4. The third kappa shape index (κ3) is 3.27. The molecule has 0 saturated carbocycles. The van der Waals surface area contributed by atoms with E-state index in [9.17, 15) is 4.79 Å². The second-order valence-electron chi connectivity index (χ2n) is 6.74. The van der Waals surface area contributed by atoms with Gasteiger partial charge >= 0.3 is 0 Å². The Balaban J connectivity index is 1.83. The van der Waals surface area contributed by atoms with Crippen molar-refractivity contribution in [2.45, 2.75) is 39.2 Å². The summed E-state index contributed by atoms with van der Waals surface area (Å²) in [5, 5.41) is 3.35. The fourth-order valence-electron chi connectivity index (χ4n) is 3.33. The van der Waals surface area contributed by atoms with Gasteiger partial charge in [-0.3, -0.25) is 4.79 Å². The van der Waals surface area contributed by atoms with Crippen LogP contribution in [-0.2, 0) is 0 Å². The van der Waals surface area contributed by atoms with Gasteiger partial charge in [0, 0.05) is 12.1 Å². The molecule has 2 aliphatic rings. The van der Waals surface area contributed by atoms with E-state index in [2.05, 4.69) is 24.1 Å². The molecule has 1 saturated heterocycles. The number of nitrogens with zero attached hydrogens (tertiary/aromatic N) is 1.